The standard InChI is InChI=1S/C13H15ClO3/c1-10(15)9-13(16)17-8-2-3-11-4-6-12(14)7-5-11/h4-7H,2-3,8-9H2,1H3. The van der Waals surface area contributed by atoms with Crippen LogP contribution in [0.25, 0.3) is 0 Å². The molecule has 92 valence electrons. The van der Waals surface area contributed by atoms with Crippen molar-refractivity contribution in [1.29, 1.82) is 0 Å². The van der Waals surface area contributed by atoms with E-state index in [2.05, 4.69) is 0 Å². The average Bonchev–Trinajstić information content (AvgIpc) is 2.26. The summed E-state index contributed by atoms with van der Waals surface area (Å²) < 4.78 is 4.91. The van der Waals surface area contributed by atoms with Crippen LogP contribution in [0.2, 0.25) is 5.02 Å². The van der Waals surface area contributed by atoms with Crippen LogP contribution in [0.3, 0.4) is 0 Å². The van der Waals surface area contributed by atoms with Crippen molar-refractivity contribution >= 4 is 23.4 Å². The van der Waals surface area contributed by atoms with Crippen LogP contribution in [0.4, 0.5) is 0 Å². The molecule has 0 unspecified atom stereocenters. The molecule has 0 radical (unpaired) electrons. The summed E-state index contributed by atoms with van der Waals surface area (Å²) in [5.41, 5.74) is 1.15. The first-order valence-electron chi connectivity index (χ1n) is 5.47. The lowest BCUT2D eigenvalue weighted by Crippen LogP contribution is -2.10. The van der Waals surface area contributed by atoms with E-state index in [4.69, 9.17) is 16.3 Å². The van der Waals surface area contributed by atoms with E-state index in [-0.39, 0.29) is 12.2 Å². The van der Waals surface area contributed by atoms with E-state index in [0.29, 0.717) is 11.6 Å². The van der Waals surface area contributed by atoms with Gasteiger partial charge in [-0.2, -0.15) is 0 Å². The Kier molecular flexibility index (Phi) is 5.70. The number of ketones is 1. The van der Waals surface area contributed by atoms with Crippen molar-refractivity contribution in [2.45, 2.75) is 26.2 Å². The molecule has 0 aromatic heterocycles. The molecule has 1 aromatic rings. The molecule has 0 bridgehead atoms. The van der Waals surface area contributed by atoms with Gasteiger partial charge in [0, 0.05) is 5.02 Å². The van der Waals surface area contributed by atoms with Gasteiger partial charge in [-0.05, 0) is 37.5 Å². The molecule has 4 heteroatoms. The summed E-state index contributed by atoms with van der Waals surface area (Å²) in [5.74, 6) is -0.624. The number of rotatable bonds is 6. The number of aryl methyl sites for hydroxylation is 1. The van der Waals surface area contributed by atoms with Gasteiger partial charge in [-0.25, -0.2) is 0 Å². The van der Waals surface area contributed by atoms with Crippen LogP contribution < -0.4 is 0 Å². The second-order valence-corrected chi connectivity index (χ2v) is 4.27. The Morgan fingerprint density at radius 1 is 1.24 bits per heavy atom. The fraction of sp³-hybridized carbons (Fsp3) is 0.385. The summed E-state index contributed by atoms with van der Waals surface area (Å²) in [4.78, 5) is 21.7. The third-order valence-corrected chi connectivity index (χ3v) is 2.43. The van der Waals surface area contributed by atoms with Gasteiger partial charge in [0.05, 0.1) is 6.61 Å². The highest BCUT2D eigenvalue weighted by atomic mass is 35.5. The van der Waals surface area contributed by atoms with E-state index in [1.165, 1.54) is 6.92 Å². The van der Waals surface area contributed by atoms with Crippen molar-refractivity contribution in [3.05, 3.63) is 34.9 Å². The summed E-state index contributed by atoms with van der Waals surface area (Å²) in [6, 6.07) is 7.55. The minimum absolute atomic E-state index is 0.138. The maximum absolute atomic E-state index is 11.0. The van der Waals surface area contributed by atoms with Gasteiger partial charge in [0.2, 0.25) is 0 Å². The van der Waals surface area contributed by atoms with Crippen molar-refractivity contribution in [3.8, 4) is 0 Å². The second-order valence-electron chi connectivity index (χ2n) is 3.83. The Balaban J connectivity index is 2.18. The van der Waals surface area contributed by atoms with Crippen LogP contribution in [-0.4, -0.2) is 18.4 Å². The van der Waals surface area contributed by atoms with Crippen LogP contribution >= 0.6 is 11.6 Å². The Labute approximate surface area is 106 Å². The van der Waals surface area contributed by atoms with Crippen molar-refractivity contribution in [2.75, 3.05) is 6.61 Å². The second kappa shape index (κ2) is 7.07. The van der Waals surface area contributed by atoms with Gasteiger partial charge in [-0.1, -0.05) is 23.7 Å². The molecule has 1 aromatic carbocycles. The molecule has 1 rings (SSSR count). The van der Waals surface area contributed by atoms with Crippen molar-refractivity contribution in [3.63, 3.8) is 0 Å². The third-order valence-electron chi connectivity index (χ3n) is 2.18. The number of ether oxygens (including phenoxy) is 1. The van der Waals surface area contributed by atoms with Crippen LogP contribution in [0.1, 0.15) is 25.3 Å². The number of Topliss-reactive ketones (excluding diaryl/α,β-unsaturated/α-hetero) is 1. The number of carbonyl (C=O) groups is 2. The van der Waals surface area contributed by atoms with E-state index in [0.717, 1.165) is 18.4 Å². The fourth-order valence-corrected chi connectivity index (χ4v) is 1.49. The Bertz CT molecular complexity index is 384. The normalized spacial score (nSPS) is 10.0. The Morgan fingerprint density at radius 2 is 1.88 bits per heavy atom. The number of halogens is 1. The zero-order chi connectivity index (χ0) is 12.7. The first-order valence-corrected chi connectivity index (χ1v) is 5.85. The average molecular weight is 255 g/mol. The summed E-state index contributed by atoms with van der Waals surface area (Å²) in [6.45, 7) is 1.71. The SMILES string of the molecule is CC(=O)CC(=O)OCCCc1ccc(Cl)cc1. The zero-order valence-corrected chi connectivity index (χ0v) is 10.5. The molecule has 0 aliphatic heterocycles. The summed E-state index contributed by atoms with van der Waals surface area (Å²) in [7, 11) is 0. The maximum Gasteiger partial charge on any atom is 0.313 e. The van der Waals surface area contributed by atoms with Crippen LogP contribution in [0.15, 0.2) is 24.3 Å². The Hall–Kier alpha value is -1.35. The highest BCUT2D eigenvalue weighted by Gasteiger charge is 2.05. The van der Waals surface area contributed by atoms with Gasteiger partial charge in [-0.15, -0.1) is 0 Å². The minimum Gasteiger partial charge on any atom is -0.465 e. The molecule has 0 atom stereocenters. The van der Waals surface area contributed by atoms with Crippen LogP contribution in [0.5, 0.6) is 0 Å². The molecule has 0 spiro atoms. The smallest absolute Gasteiger partial charge is 0.313 e. The molecule has 0 fully saturated rings. The van der Waals surface area contributed by atoms with E-state index in [1.54, 1.807) is 0 Å². The van der Waals surface area contributed by atoms with Gasteiger partial charge in [0.1, 0.15) is 12.2 Å². The van der Waals surface area contributed by atoms with Crippen molar-refractivity contribution < 1.29 is 14.3 Å². The van der Waals surface area contributed by atoms with Gasteiger partial charge < -0.3 is 4.74 Å². The summed E-state index contributed by atoms with van der Waals surface area (Å²) in [5, 5.41) is 0.710. The number of hydrogen-bond donors (Lipinski definition) is 0. The molecule has 0 heterocycles. The molecule has 0 N–H and O–H groups in total. The third kappa shape index (κ3) is 6.07. The van der Waals surface area contributed by atoms with Crippen LogP contribution in [0, 0.1) is 0 Å². The first-order chi connectivity index (χ1) is 8.08. The Morgan fingerprint density at radius 3 is 2.47 bits per heavy atom. The predicted molar refractivity (Wildman–Crippen MR) is 66.0 cm³/mol. The van der Waals surface area contributed by atoms with E-state index in [9.17, 15) is 9.59 Å². The molecule has 3 nitrogen and oxygen atoms in total. The lowest BCUT2D eigenvalue weighted by Gasteiger charge is -2.04. The summed E-state index contributed by atoms with van der Waals surface area (Å²) in [6.07, 6.45) is 1.43. The highest BCUT2D eigenvalue weighted by molar-refractivity contribution is 6.30. The largest absolute Gasteiger partial charge is 0.465 e. The van der Waals surface area contributed by atoms with Gasteiger partial charge >= 0.3 is 5.97 Å². The lowest BCUT2D eigenvalue weighted by atomic mass is 10.1. The zero-order valence-electron chi connectivity index (χ0n) is 9.74. The molecular formula is C13H15ClO3. The molecule has 0 saturated carbocycles. The number of benzene rings is 1. The van der Waals surface area contributed by atoms with E-state index in [1.807, 2.05) is 24.3 Å². The van der Waals surface area contributed by atoms with Gasteiger partial charge in [-0.3, -0.25) is 9.59 Å². The number of hydrogen-bond acceptors (Lipinski definition) is 3. The lowest BCUT2D eigenvalue weighted by molar-refractivity contribution is -0.145. The van der Waals surface area contributed by atoms with E-state index < -0.39 is 5.97 Å². The van der Waals surface area contributed by atoms with E-state index >= 15 is 0 Å². The fourth-order valence-electron chi connectivity index (χ4n) is 1.37. The maximum atomic E-state index is 11.0. The summed E-state index contributed by atoms with van der Waals surface area (Å²) >= 11 is 5.76. The highest BCUT2D eigenvalue weighted by Crippen LogP contribution is 2.10. The van der Waals surface area contributed by atoms with Crippen molar-refractivity contribution in [1.82, 2.24) is 0 Å². The number of esters is 1. The number of carbonyl (C=O) groups excluding carboxylic acids is 2. The van der Waals surface area contributed by atoms with Crippen molar-refractivity contribution in [2.24, 2.45) is 0 Å². The van der Waals surface area contributed by atoms with Crippen LogP contribution in [-0.2, 0) is 20.7 Å². The molecule has 0 amide bonds. The molecule has 0 saturated heterocycles. The monoisotopic (exact) mass is 254 g/mol. The van der Waals surface area contributed by atoms with Gasteiger partial charge in [0.25, 0.3) is 0 Å². The molecular weight excluding hydrogens is 240 g/mol. The molecule has 0 aliphatic carbocycles. The minimum atomic E-state index is -0.450. The predicted octanol–water partition coefficient (Wildman–Crippen LogP) is 2.79. The molecule has 0 aliphatic rings. The topological polar surface area (TPSA) is 43.4 Å². The molecule has 17 heavy (non-hydrogen) atoms. The first kappa shape index (κ1) is 13.7. The van der Waals surface area contributed by atoms with Gasteiger partial charge in [0.15, 0.2) is 0 Å². The quantitative estimate of drug-likeness (QED) is 0.445.